The van der Waals surface area contributed by atoms with Crippen LogP contribution in [0.2, 0.25) is 0 Å². The molecule has 4 nitrogen and oxygen atoms in total. The SMILES string of the molecule is COc1ccc(C)cc1C(CCC1CCCCO1)NN. The quantitative estimate of drug-likeness (QED) is 0.620. The zero-order valence-electron chi connectivity index (χ0n) is 12.5. The molecule has 0 aromatic heterocycles. The zero-order chi connectivity index (χ0) is 14.4. The Morgan fingerprint density at radius 2 is 2.30 bits per heavy atom. The molecule has 1 aliphatic heterocycles. The van der Waals surface area contributed by atoms with Crippen molar-refractivity contribution in [3.63, 3.8) is 0 Å². The van der Waals surface area contributed by atoms with Gasteiger partial charge in [0.25, 0.3) is 0 Å². The number of nitrogens with two attached hydrogens (primary N) is 1. The molecule has 20 heavy (non-hydrogen) atoms. The van der Waals surface area contributed by atoms with Crippen molar-refractivity contribution in [3.05, 3.63) is 29.3 Å². The third-order valence-electron chi connectivity index (χ3n) is 4.01. The maximum atomic E-state index is 5.79. The van der Waals surface area contributed by atoms with Gasteiger partial charge in [-0.3, -0.25) is 11.3 Å². The summed E-state index contributed by atoms with van der Waals surface area (Å²) in [5.41, 5.74) is 5.27. The number of hydrogen-bond donors (Lipinski definition) is 2. The molecule has 0 amide bonds. The van der Waals surface area contributed by atoms with E-state index < -0.39 is 0 Å². The summed E-state index contributed by atoms with van der Waals surface area (Å²) in [6, 6.07) is 6.31. The van der Waals surface area contributed by atoms with Crippen LogP contribution in [0.25, 0.3) is 0 Å². The van der Waals surface area contributed by atoms with Gasteiger partial charge in [-0.25, -0.2) is 0 Å². The first kappa shape index (κ1) is 15.3. The summed E-state index contributed by atoms with van der Waals surface area (Å²) in [7, 11) is 1.70. The summed E-state index contributed by atoms with van der Waals surface area (Å²) < 4.78 is 11.2. The highest BCUT2D eigenvalue weighted by molar-refractivity contribution is 5.39. The highest BCUT2D eigenvalue weighted by atomic mass is 16.5. The lowest BCUT2D eigenvalue weighted by Crippen LogP contribution is -2.30. The summed E-state index contributed by atoms with van der Waals surface area (Å²) in [6.45, 7) is 2.99. The van der Waals surface area contributed by atoms with E-state index in [-0.39, 0.29) is 6.04 Å². The van der Waals surface area contributed by atoms with E-state index in [0.29, 0.717) is 6.10 Å². The lowest BCUT2D eigenvalue weighted by atomic mass is 9.96. The highest BCUT2D eigenvalue weighted by Gasteiger charge is 2.19. The molecule has 0 bridgehead atoms. The molecule has 3 N–H and O–H groups in total. The summed E-state index contributed by atoms with van der Waals surface area (Å²) in [4.78, 5) is 0. The van der Waals surface area contributed by atoms with Crippen molar-refractivity contribution in [2.75, 3.05) is 13.7 Å². The number of methoxy groups -OCH3 is 1. The third kappa shape index (κ3) is 3.95. The van der Waals surface area contributed by atoms with Crippen LogP contribution in [0, 0.1) is 6.92 Å². The first-order valence-corrected chi connectivity index (χ1v) is 7.47. The van der Waals surface area contributed by atoms with Crippen LogP contribution >= 0.6 is 0 Å². The normalized spacial score (nSPS) is 20.6. The van der Waals surface area contributed by atoms with Crippen LogP contribution < -0.4 is 16.0 Å². The number of nitrogens with one attached hydrogen (secondary N) is 1. The Balaban J connectivity index is 2.01. The van der Waals surface area contributed by atoms with Crippen molar-refractivity contribution < 1.29 is 9.47 Å². The van der Waals surface area contributed by atoms with Gasteiger partial charge in [-0.05, 0) is 45.1 Å². The minimum absolute atomic E-state index is 0.107. The molecule has 1 aliphatic rings. The van der Waals surface area contributed by atoms with Crippen molar-refractivity contribution in [2.24, 2.45) is 5.84 Å². The number of ether oxygens (including phenoxy) is 2. The fourth-order valence-electron chi connectivity index (χ4n) is 2.84. The van der Waals surface area contributed by atoms with Crippen molar-refractivity contribution in [1.82, 2.24) is 5.43 Å². The first-order valence-electron chi connectivity index (χ1n) is 7.47. The van der Waals surface area contributed by atoms with Crippen molar-refractivity contribution in [1.29, 1.82) is 0 Å². The monoisotopic (exact) mass is 278 g/mol. The second-order valence-electron chi connectivity index (χ2n) is 5.53. The molecule has 0 spiro atoms. The molecule has 0 radical (unpaired) electrons. The Bertz CT molecular complexity index is 417. The lowest BCUT2D eigenvalue weighted by Gasteiger charge is -2.25. The van der Waals surface area contributed by atoms with E-state index in [9.17, 15) is 0 Å². The minimum atomic E-state index is 0.107. The van der Waals surface area contributed by atoms with Gasteiger partial charge in [0.2, 0.25) is 0 Å². The number of benzene rings is 1. The van der Waals surface area contributed by atoms with Crippen LogP contribution in [0.15, 0.2) is 18.2 Å². The fraction of sp³-hybridized carbons (Fsp3) is 0.625. The minimum Gasteiger partial charge on any atom is -0.496 e. The summed E-state index contributed by atoms with van der Waals surface area (Å²) in [5, 5.41) is 0. The Hall–Kier alpha value is -1.10. The molecule has 2 rings (SSSR count). The maximum absolute atomic E-state index is 5.79. The number of hydrazine groups is 1. The van der Waals surface area contributed by atoms with Gasteiger partial charge in [0.15, 0.2) is 0 Å². The molecule has 1 fully saturated rings. The lowest BCUT2D eigenvalue weighted by molar-refractivity contribution is 0.00851. The molecule has 2 atom stereocenters. The van der Waals surface area contributed by atoms with E-state index in [2.05, 4.69) is 24.5 Å². The van der Waals surface area contributed by atoms with E-state index in [4.69, 9.17) is 15.3 Å². The molecular weight excluding hydrogens is 252 g/mol. The topological polar surface area (TPSA) is 56.5 Å². The molecule has 1 heterocycles. The van der Waals surface area contributed by atoms with Crippen molar-refractivity contribution in [2.45, 2.75) is 51.2 Å². The predicted octanol–water partition coefficient (Wildman–Crippen LogP) is 2.86. The molecule has 1 saturated heterocycles. The van der Waals surface area contributed by atoms with E-state index in [1.807, 2.05) is 6.07 Å². The molecule has 1 aromatic carbocycles. The van der Waals surface area contributed by atoms with E-state index in [1.165, 1.54) is 24.8 Å². The Morgan fingerprint density at radius 3 is 2.95 bits per heavy atom. The van der Waals surface area contributed by atoms with Gasteiger partial charge in [-0.1, -0.05) is 17.7 Å². The Labute approximate surface area is 121 Å². The third-order valence-corrected chi connectivity index (χ3v) is 4.01. The van der Waals surface area contributed by atoms with E-state index in [1.54, 1.807) is 7.11 Å². The second kappa shape index (κ2) is 7.62. The van der Waals surface area contributed by atoms with Gasteiger partial charge < -0.3 is 9.47 Å². The van der Waals surface area contributed by atoms with Gasteiger partial charge in [-0.15, -0.1) is 0 Å². The van der Waals surface area contributed by atoms with Gasteiger partial charge in [-0.2, -0.15) is 0 Å². The molecule has 0 saturated carbocycles. The van der Waals surface area contributed by atoms with Gasteiger partial charge in [0.05, 0.1) is 13.2 Å². The molecule has 112 valence electrons. The zero-order valence-corrected chi connectivity index (χ0v) is 12.5. The predicted molar refractivity (Wildman–Crippen MR) is 80.6 cm³/mol. The first-order chi connectivity index (χ1) is 9.74. The summed E-state index contributed by atoms with van der Waals surface area (Å²) in [5.74, 6) is 6.64. The fourth-order valence-corrected chi connectivity index (χ4v) is 2.84. The van der Waals surface area contributed by atoms with Gasteiger partial charge >= 0.3 is 0 Å². The van der Waals surface area contributed by atoms with Crippen LogP contribution in [0.5, 0.6) is 5.75 Å². The number of aryl methyl sites for hydroxylation is 1. The highest BCUT2D eigenvalue weighted by Crippen LogP contribution is 2.30. The smallest absolute Gasteiger partial charge is 0.123 e. The van der Waals surface area contributed by atoms with Crippen LogP contribution in [-0.2, 0) is 4.74 Å². The van der Waals surface area contributed by atoms with Crippen molar-refractivity contribution in [3.8, 4) is 5.75 Å². The van der Waals surface area contributed by atoms with Crippen LogP contribution in [-0.4, -0.2) is 19.8 Å². The molecule has 4 heteroatoms. The number of rotatable bonds is 6. The van der Waals surface area contributed by atoms with Crippen molar-refractivity contribution >= 4 is 0 Å². The van der Waals surface area contributed by atoms with Crippen LogP contribution in [0.3, 0.4) is 0 Å². The molecular formula is C16H26N2O2. The Morgan fingerprint density at radius 1 is 1.45 bits per heavy atom. The van der Waals surface area contributed by atoms with Crippen LogP contribution in [0.4, 0.5) is 0 Å². The average Bonchev–Trinajstić information content (AvgIpc) is 2.49. The molecule has 1 aromatic rings. The van der Waals surface area contributed by atoms with E-state index in [0.717, 1.165) is 30.8 Å². The second-order valence-corrected chi connectivity index (χ2v) is 5.53. The molecule has 2 unspecified atom stereocenters. The average molecular weight is 278 g/mol. The van der Waals surface area contributed by atoms with Gasteiger partial charge in [0.1, 0.15) is 5.75 Å². The number of hydrogen-bond acceptors (Lipinski definition) is 4. The summed E-state index contributed by atoms with van der Waals surface area (Å²) >= 11 is 0. The standard InChI is InChI=1S/C16H26N2O2/c1-12-6-9-16(19-2)14(11-12)15(18-17)8-7-13-5-3-4-10-20-13/h6,9,11,13,15,18H,3-5,7-8,10,17H2,1-2H3. The van der Waals surface area contributed by atoms with E-state index >= 15 is 0 Å². The van der Waals surface area contributed by atoms with Gasteiger partial charge in [0, 0.05) is 18.2 Å². The summed E-state index contributed by atoms with van der Waals surface area (Å²) in [6.07, 6.45) is 6.02. The van der Waals surface area contributed by atoms with Crippen LogP contribution in [0.1, 0.15) is 49.3 Å². The Kier molecular flexibility index (Phi) is 5.83. The maximum Gasteiger partial charge on any atom is 0.123 e. The molecule has 0 aliphatic carbocycles. The largest absolute Gasteiger partial charge is 0.496 e.